The summed E-state index contributed by atoms with van der Waals surface area (Å²) < 4.78 is 13.5. The minimum Gasteiger partial charge on any atom is -0.456 e. The van der Waals surface area contributed by atoms with Crippen LogP contribution >= 0.6 is 0 Å². The Morgan fingerprint density at radius 3 is 1.37 bits per heavy atom. The third kappa shape index (κ3) is 6.08. The highest BCUT2D eigenvalue weighted by Crippen LogP contribution is 2.59. The number of hydrogen-bond acceptors (Lipinski definition) is 3. The van der Waals surface area contributed by atoms with Crippen LogP contribution in [0, 0.1) is 0 Å². The van der Waals surface area contributed by atoms with Crippen LogP contribution in [0.25, 0.3) is 88.4 Å². The molecule has 0 bridgehead atoms. The highest BCUT2D eigenvalue weighted by molar-refractivity contribution is 6.18. The average Bonchev–Trinajstić information content (AvgIpc) is 4.11. The van der Waals surface area contributed by atoms with Crippen molar-refractivity contribution < 1.29 is 8.83 Å². The Kier molecular flexibility index (Phi) is 9.11. The largest absolute Gasteiger partial charge is 0.456 e. The van der Waals surface area contributed by atoms with Crippen LogP contribution in [0.2, 0.25) is 0 Å². The van der Waals surface area contributed by atoms with E-state index in [0.717, 1.165) is 83.2 Å². The molecule has 3 heteroatoms. The van der Waals surface area contributed by atoms with Gasteiger partial charge in [-0.15, -0.1) is 0 Å². The van der Waals surface area contributed by atoms with Gasteiger partial charge in [-0.3, -0.25) is 0 Å². The minimum atomic E-state index is -0.655. The molecule has 2 heterocycles. The minimum absolute atomic E-state index is 0.655. The van der Waals surface area contributed by atoms with Gasteiger partial charge in [-0.05, 0) is 127 Å². The fourth-order valence-corrected chi connectivity index (χ4v) is 11.6. The highest BCUT2D eigenvalue weighted by atomic mass is 16.3. The first kappa shape index (κ1) is 39.9. The SMILES string of the molecule is c1ccc(-c2ccc3oc4cccc(N(c5cccc(C6(c7ccccc7)c7ccccc7-c7c(-c8ccccc8)cccc76)c5)c5cccc6oc7ccc(-c8ccccc8)cc7c56)c4c3c2)cc1. The monoisotopic (exact) mass is 893 g/mol. The Balaban J connectivity index is 1.07. The smallest absolute Gasteiger partial charge is 0.137 e. The van der Waals surface area contributed by atoms with E-state index < -0.39 is 5.41 Å². The molecule has 11 aromatic carbocycles. The van der Waals surface area contributed by atoms with Gasteiger partial charge in [0.1, 0.15) is 22.3 Å². The molecule has 0 radical (unpaired) electrons. The molecule has 70 heavy (non-hydrogen) atoms. The van der Waals surface area contributed by atoms with Crippen molar-refractivity contribution in [3.8, 4) is 44.5 Å². The Labute approximate surface area is 405 Å². The number of nitrogens with zero attached hydrogens (tertiary/aromatic N) is 1. The first-order valence-corrected chi connectivity index (χ1v) is 24.0. The summed E-state index contributed by atoms with van der Waals surface area (Å²) in [5.74, 6) is 0. The lowest BCUT2D eigenvalue weighted by atomic mass is 9.67. The fraction of sp³-hybridized carbons (Fsp3) is 0.0149. The molecule has 1 aliphatic rings. The summed E-state index contributed by atoms with van der Waals surface area (Å²) >= 11 is 0. The van der Waals surface area contributed by atoms with Gasteiger partial charge >= 0.3 is 0 Å². The summed E-state index contributed by atoms with van der Waals surface area (Å²) in [7, 11) is 0. The van der Waals surface area contributed by atoms with Crippen molar-refractivity contribution >= 4 is 60.9 Å². The maximum Gasteiger partial charge on any atom is 0.137 e. The van der Waals surface area contributed by atoms with Gasteiger partial charge in [0, 0.05) is 16.5 Å². The second kappa shape index (κ2) is 16.0. The number of benzene rings is 11. The molecule has 1 unspecified atom stereocenters. The van der Waals surface area contributed by atoms with Crippen LogP contribution in [-0.4, -0.2) is 0 Å². The number of fused-ring (bicyclic) bond motifs is 9. The molecule has 0 aliphatic heterocycles. The van der Waals surface area contributed by atoms with Crippen LogP contribution < -0.4 is 4.90 Å². The molecule has 0 N–H and O–H groups in total. The molecule has 1 atom stereocenters. The molecule has 1 aliphatic carbocycles. The fourth-order valence-electron chi connectivity index (χ4n) is 11.6. The van der Waals surface area contributed by atoms with Crippen LogP contribution in [0.5, 0.6) is 0 Å². The number of rotatable bonds is 8. The van der Waals surface area contributed by atoms with Gasteiger partial charge in [-0.1, -0.05) is 200 Å². The number of anilines is 3. The molecule has 0 spiro atoms. The zero-order valence-corrected chi connectivity index (χ0v) is 38.1. The van der Waals surface area contributed by atoms with E-state index in [1.54, 1.807) is 0 Å². The molecule has 0 saturated heterocycles. The van der Waals surface area contributed by atoms with Gasteiger partial charge in [0.25, 0.3) is 0 Å². The zero-order chi connectivity index (χ0) is 46.2. The maximum atomic E-state index is 6.77. The second-order valence-electron chi connectivity index (χ2n) is 18.3. The Morgan fingerprint density at radius 2 is 0.771 bits per heavy atom. The molecule has 2 aromatic heterocycles. The lowest BCUT2D eigenvalue weighted by Gasteiger charge is -2.35. The van der Waals surface area contributed by atoms with Gasteiger partial charge in [0.05, 0.1) is 27.6 Å². The average molecular weight is 894 g/mol. The summed E-state index contributed by atoms with van der Waals surface area (Å²) in [6.45, 7) is 0. The van der Waals surface area contributed by atoms with Gasteiger partial charge in [-0.25, -0.2) is 0 Å². The van der Waals surface area contributed by atoms with Crippen molar-refractivity contribution in [2.24, 2.45) is 0 Å². The zero-order valence-electron chi connectivity index (χ0n) is 38.1. The van der Waals surface area contributed by atoms with Gasteiger partial charge in [0.15, 0.2) is 0 Å². The van der Waals surface area contributed by atoms with Crippen LogP contribution in [0.1, 0.15) is 22.3 Å². The molecular formula is C67H43NO2. The van der Waals surface area contributed by atoms with Gasteiger partial charge < -0.3 is 13.7 Å². The number of hydrogen-bond donors (Lipinski definition) is 0. The first-order valence-electron chi connectivity index (χ1n) is 24.0. The summed E-state index contributed by atoms with van der Waals surface area (Å²) in [5.41, 5.74) is 20.1. The van der Waals surface area contributed by atoms with E-state index in [-0.39, 0.29) is 0 Å². The summed E-state index contributed by atoms with van der Waals surface area (Å²) in [5, 5.41) is 4.18. The third-order valence-electron chi connectivity index (χ3n) is 14.5. The predicted molar refractivity (Wildman–Crippen MR) is 289 cm³/mol. The van der Waals surface area contributed by atoms with Gasteiger partial charge in [0.2, 0.25) is 0 Å². The van der Waals surface area contributed by atoms with E-state index in [4.69, 9.17) is 8.83 Å². The van der Waals surface area contributed by atoms with E-state index >= 15 is 0 Å². The van der Waals surface area contributed by atoms with Gasteiger partial charge in [-0.2, -0.15) is 0 Å². The van der Waals surface area contributed by atoms with Crippen LogP contribution in [-0.2, 0) is 5.41 Å². The summed E-state index contributed by atoms with van der Waals surface area (Å²) in [6, 6.07) is 94.3. The van der Waals surface area contributed by atoms with Crippen molar-refractivity contribution in [2.45, 2.75) is 5.41 Å². The second-order valence-corrected chi connectivity index (χ2v) is 18.3. The molecular weight excluding hydrogens is 851 g/mol. The third-order valence-corrected chi connectivity index (χ3v) is 14.5. The maximum absolute atomic E-state index is 6.77. The number of furan rings is 2. The standard InChI is InChI=1S/C67H43NO2/c1-5-19-44(20-6-1)47-37-39-60-54(41-47)65-58(33-17-35-62(65)69-60)68(59-34-18-36-63-66(59)55-42-48(38-40-61(55)70-63)45-21-7-2-8-22-45)51-28-15-27-50(43-51)67(49-25-11-4-12-26-49)56-31-14-13-29-53(56)64-52(30-16-32-57(64)67)46-23-9-3-10-24-46/h1-43H. The van der Waals surface area contributed by atoms with Crippen molar-refractivity contribution in [3.63, 3.8) is 0 Å². The lowest BCUT2D eigenvalue weighted by molar-refractivity contribution is 0.669. The van der Waals surface area contributed by atoms with E-state index in [2.05, 4.69) is 266 Å². The molecule has 13 aromatic rings. The summed E-state index contributed by atoms with van der Waals surface area (Å²) in [4.78, 5) is 2.45. The van der Waals surface area contributed by atoms with Crippen LogP contribution in [0.15, 0.2) is 270 Å². The van der Waals surface area contributed by atoms with E-state index in [1.165, 1.54) is 44.5 Å². The molecule has 3 nitrogen and oxygen atoms in total. The molecule has 0 amide bonds. The Hall–Kier alpha value is -9.18. The molecule has 0 saturated carbocycles. The van der Waals surface area contributed by atoms with Crippen LogP contribution in [0.4, 0.5) is 17.1 Å². The molecule has 14 rings (SSSR count). The van der Waals surface area contributed by atoms with E-state index in [9.17, 15) is 0 Å². The predicted octanol–water partition coefficient (Wildman–Crippen LogP) is 18.3. The quantitative estimate of drug-likeness (QED) is 0.152. The highest BCUT2D eigenvalue weighted by Gasteiger charge is 2.47. The van der Waals surface area contributed by atoms with Crippen molar-refractivity contribution in [1.29, 1.82) is 0 Å². The van der Waals surface area contributed by atoms with Crippen LogP contribution in [0.3, 0.4) is 0 Å². The Morgan fingerprint density at radius 1 is 0.300 bits per heavy atom. The van der Waals surface area contributed by atoms with E-state index in [1.807, 2.05) is 0 Å². The topological polar surface area (TPSA) is 29.5 Å². The molecule has 328 valence electrons. The van der Waals surface area contributed by atoms with E-state index in [0.29, 0.717) is 0 Å². The lowest BCUT2D eigenvalue weighted by Crippen LogP contribution is -2.29. The Bertz CT molecular complexity index is 3960. The first-order chi connectivity index (χ1) is 34.7. The van der Waals surface area contributed by atoms with Crippen molar-refractivity contribution in [3.05, 3.63) is 283 Å². The molecule has 0 fully saturated rings. The van der Waals surface area contributed by atoms with Crippen molar-refractivity contribution in [1.82, 2.24) is 0 Å². The normalized spacial score (nSPS) is 14.1. The van der Waals surface area contributed by atoms with Crippen molar-refractivity contribution in [2.75, 3.05) is 4.90 Å². The summed E-state index contributed by atoms with van der Waals surface area (Å²) in [6.07, 6.45) is 0.